The van der Waals surface area contributed by atoms with Crippen LogP contribution in [-0.2, 0) is 4.79 Å². The number of carboxylic acids is 1. The van der Waals surface area contributed by atoms with Gasteiger partial charge in [-0.3, -0.25) is 4.79 Å². The van der Waals surface area contributed by atoms with Crippen LogP contribution < -0.4 is 4.74 Å². The summed E-state index contributed by atoms with van der Waals surface area (Å²) in [5.74, 6) is -1.59. The minimum absolute atomic E-state index is 0.0883. The Morgan fingerprint density at radius 3 is 2.32 bits per heavy atom. The Bertz CT molecular complexity index is 644. The summed E-state index contributed by atoms with van der Waals surface area (Å²) in [5, 5.41) is 10.4. The minimum Gasteiger partial charge on any atom is -0.491 e. The number of hydrogen-bond donors (Lipinski definition) is 1. The van der Waals surface area contributed by atoms with Crippen LogP contribution in [0.25, 0.3) is 10.8 Å². The summed E-state index contributed by atoms with van der Waals surface area (Å²) < 4.78 is 5.58. The summed E-state index contributed by atoms with van der Waals surface area (Å²) in [5.41, 5.74) is 0.178. The van der Waals surface area contributed by atoms with Gasteiger partial charge in [0.05, 0.1) is 6.10 Å². The maximum atomic E-state index is 11.4. The summed E-state index contributed by atoms with van der Waals surface area (Å²) in [6.07, 6.45) is 0.0883. The topological polar surface area (TPSA) is 63.6 Å². The number of ketones is 1. The molecule has 0 fully saturated rings. The van der Waals surface area contributed by atoms with Crippen LogP contribution in [0.1, 0.15) is 24.2 Å². The monoisotopic (exact) mass is 258 g/mol. The van der Waals surface area contributed by atoms with E-state index < -0.39 is 11.8 Å². The van der Waals surface area contributed by atoms with Crippen LogP contribution in [0, 0.1) is 0 Å². The molecule has 4 nitrogen and oxygen atoms in total. The molecule has 0 spiro atoms. The molecule has 0 saturated heterocycles. The lowest BCUT2D eigenvalue weighted by molar-refractivity contribution is -0.131. The molecule has 0 bridgehead atoms. The van der Waals surface area contributed by atoms with Gasteiger partial charge in [-0.25, -0.2) is 4.79 Å². The van der Waals surface area contributed by atoms with Crippen molar-refractivity contribution in [2.75, 3.05) is 0 Å². The molecule has 2 rings (SSSR count). The molecule has 0 radical (unpaired) electrons. The number of carbonyl (C=O) groups excluding carboxylic acids is 1. The van der Waals surface area contributed by atoms with Crippen LogP contribution in [-0.4, -0.2) is 23.0 Å². The molecule has 4 heteroatoms. The fraction of sp³-hybridized carbons (Fsp3) is 0.200. The maximum absolute atomic E-state index is 11.4. The number of benzene rings is 2. The van der Waals surface area contributed by atoms with Gasteiger partial charge in [0.15, 0.2) is 0 Å². The standard InChI is InChI=1S/C15H14O4/c1-9(2)19-13-6-5-10-7-12(14(16)15(17)18)4-3-11(10)8-13/h3-9H,1-2H3,(H,17,18). The first-order valence-electron chi connectivity index (χ1n) is 5.95. The molecule has 2 aromatic carbocycles. The molecular weight excluding hydrogens is 244 g/mol. The Hall–Kier alpha value is -2.36. The van der Waals surface area contributed by atoms with Gasteiger partial charge in [-0.15, -0.1) is 0 Å². The molecule has 1 N–H and O–H groups in total. The van der Waals surface area contributed by atoms with Crippen LogP contribution >= 0.6 is 0 Å². The summed E-state index contributed by atoms with van der Waals surface area (Å²) in [6.45, 7) is 3.89. The smallest absolute Gasteiger partial charge is 0.377 e. The normalized spacial score (nSPS) is 10.7. The van der Waals surface area contributed by atoms with Crippen LogP contribution in [0.3, 0.4) is 0 Å². The fourth-order valence-corrected chi connectivity index (χ4v) is 1.83. The lowest BCUT2D eigenvalue weighted by Gasteiger charge is -2.10. The zero-order valence-electron chi connectivity index (χ0n) is 10.7. The number of aliphatic carboxylic acids is 1. The van der Waals surface area contributed by atoms with E-state index in [9.17, 15) is 9.59 Å². The van der Waals surface area contributed by atoms with Crippen molar-refractivity contribution in [2.24, 2.45) is 0 Å². The zero-order valence-corrected chi connectivity index (χ0v) is 10.7. The largest absolute Gasteiger partial charge is 0.491 e. The number of Topliss-reactive ketones (excluding diaryl/α,β-unsaturated/α-hetero) is 1. The second kappa shape index (κ2) is 5.10. The van der Waals surface area contributed by atoms with Gasteiger partial charge in [0.25, 0.3) is 5.78 Å². The van der Waals surface area contributed by atoms with E-state index in [0.29, 0.717) is 0 Å². The number of rotatable bonds is 4. The Morgan fingerprint density at radius 1 is 1.05 bits per heavy atom. The second-order valence-corrected chi connectivity index (χ2v) is 4.52. The summed E-state index contributed by atoms with van der Waals surface area (Å²) in [4.78, 5) is 22.0. The molecule has 0 aliphatic heterocycles. The van der Waals surface area contributed by atoms with E-state index in [-0.39, 0.29) is 11.7 Å². The van der Waals surface area contributed by atoms with E-state index in [1.807, 2.05) is 26.0 Å². The molecule has 98 valence electrons. The van der Waals surface area contributed by atoms with Crippen LogP contribution in [0.15, 0.2) is 36.4 Å². The Morgan fingerprint density at radius 2 is 1.68 bits per heavy atom. The van der Waals surface area contributed by atoms with Crippen molar-refractivity contribution >= 4 is 22.5 Å². The van der Waals surface area contributed by atoms with E-state index in [1.54, 1.807) is 18.2 Å². The molecule has 0 atom stereocenters. The predicted octanol–water partition coefficient (Wildman–Crippen LogP) is 2.89. The third-order valence-corrected chi connectivity index (χ3v) is 2.64. The highest BCUT2D eigenvalue weighted by Crippen LogP contribution is 2.23. The fourth-order valence-electron chi connectivity index (χ4n) is 1.83. The quantitative estimate of drug-likeness (QED) is 0.676. The Labute approximate surface area is 110 Å². The van der Waals surface area contributed by atoms with Gasteiger partial charge < -0.3 is 9.84 Å². The van der Waals surface area contributed by atoms with Crippen molar-refractivity contribution in [3.63, 3.8) is 0 Å². The highest BCUT2D eigenvalue weighted by molar-refractivity contribution is 6.40. The van der Waals surface area contributed by atoms with Gasteiger partial charge in [0.1, 0.15) is 5.75 Å². The zero-order chi connectivity index (χ0) is 14.0. The third kappa shape index (κ3) is 2.91. The van der Waals surface area contributed by atoms with Gasteiger partial charge >= 0.3 is 5.97 Å². The van der Waals surface area contributed by atoms with E-state index in [4.69, 9.17) is 9.84 Å². The molecule has 0 amide bonds. The Kier molecular flexibility index (Phi) is 3.51. The van der Waals surface area contributed by atoms with Crippen molar-refractivity contribution < 1.29 is 19.4 Å². The van der Waals surface area contributed by atoms with Crippen molar-refractivity contribution in [1.29, 1.82) is 0 Å². The number of hydrogen-bond acceptors (Lipinski definition) is 3. The maximum Gasteiger partial charge on any atom is 0.377 e. The predicted molar refractivity (Wildman–Crippen MR) is 71.7 cm³/mol. The molecular formula is C15H14O4. The number of carbonyl (C=O) groups is 2. The van der Waals surface area contributed by atoms with Gasteiger partial charge in [0, 0.05) is 5.56 Å². The summed E-state index contributed by atoms with van der Waals surface area (Å²) in [6, 6.07) is 10.3. The van der Waals surface area contributed by atoms with Crippen LogP contribution in [0.2, 0.25) is 0 Å². The molecule has 0 heterocycles. The molecule has 0 saturated carbocycles. The van der Waals surface area contributed by atoms with Crippen LogP contribution in [0.5, 0.6) is 5.75 Å². The van der Waals surface area contributed by atoms with Crippen molar-refractivity contribution in [3.8, 4) is 5.75 Å². The summed E-state index contributed by atoms with van der Waals surface area (Å²) in [7, 11) is 0. The number of carboxylic acid groups (broad SMARTS) is 1. The van der Waals surface area contributed by atoms with Gasteiger partial charge in [0.2, 0.25) is 0 Å². The van der Waals surface area contributed by atoms with Crippen molar-refractivity contribution in [2.45, 2.75) is 20.0 Å². The van der Waals surface area contributed by atoms with Gasteiger partial charge in [-0.2, -0.15) is 0 Å². The first kappa shape index (κ1) is 13.1. The van der Waals surface area contributed by atoms with E-state index in [0.717, 1.165) is 16.5 Å². The van der Waals surface area contributed by atoms with E-state index in [1.165, 1.54) is 6.07 Å². The second-order valence-electron chi connectivity index (χ2n) is 4.52. The van der Waals surface area contributed by atoms with Crippen molar-refractivity contribution in [1.82, 2.24) is 0 Å². The summed E-state index contributed by atoms with van der Waals surface area (Å²) >= 11 is 0. The molecule has 0 aliphatic carbocycles. The van der Waals surface area contributed by atoms with Gasteiger partial charge in [-0.1, -0.05) is 18.2 Å². The third-order valence-electron chi connectivity index (χ3n) is 2.64. The molecule has 19 heavy (non-hydrogen) atoms. The molecule has 2 aromatic rings. The molecule has 0 unspecified atom stereocenters. The van der Waals surface area contributed by atoms with E-state index >= 15 is 0 Å². The van der Waals surface area contributed by atoms with E-state index in [2.05, 4.69) is 0 Å². The average Bonchev–Trinajstić information content (AvgIpc) is 2.36. The minimum atomic E-state index is -1.45. The number of fused-ring (bicyclic) bond motifs is 1. The van der Waals surface area contributed by atoms with Crippen molar-refractivity contribution in [3.05, 3.63) is 42.0 Å². The molecule has 0 aromatic heterocycles. The highest BCUT2D eigenvalue weighted by atomic mass is 16.5. The highest BCUT2D eigenvalue weighted by Gasteiger charge is 2.14. The Balaban J connectivity index is 2.40. The average molecular weight is 258 g/mol. The lowest BCUT2D eigenvalue weighted by atomic mass is 10.0. The SMILES string of the molecule is CC(C)Oc1ccc2cc(C(=O)C(=O)O)ccc2c1. The first-order valence-corrected chi connectivity index (χ1v) is 5.95. The lowest BCUT2D eigenvalue weighted by Crippen LogP contribution is -2.12. The van der Waals surface area contributed by atoms with Crippen LogP contribution in [0.4, 0.5) is 0 Å². The van der Waals surface area contributed by atoms with Gasteiger partial charge in [-0.05, 0) is 42.8 Å². The number of ether oxygens (including phenoxy) is 1. The first-order chi connectivity index (χ1) is 8.97. The molecule has 0 aliphatic rings.